The van der Waals surface area contributed by atoms with Gasteiger partial charge >= 0.3 is 0 Å². The average molecular weight is 455 g/mol. The molecule has 172 valence electrons. The zero-order valence-electron chi connectivity index (χ0n) is 19.0. The number of amides is 1. The summed E-state index contributed by atoms with van der Waals surface area (Å²) >= 11 is 0. The van der Waals surface area contributed by atoms with Crippen molar-refractivity contribution in [1.82, 2.24) is 25.1 Å². The number of piperidine rings is 1. The van der Waals surface area contributed by atoms with Crippen LogP contribution in [0.15, 0.2) is 79.3 Å². The van der Waals surface area contributed by atoms with Crippen LogP contribution in [0.5, 0.6) is 5.75 Å². The highest BCUT2D eigenvalue weighted by Gasteiger charge is 2.26. The molecule has 0 radical (unpaired) electrons. The van der Waals surface area contributed by atoms with Crippen molar-refractivity contribution >= 4 is 11.9 Å². The molecule has 0 aliphatic carbocycles. The molecule has 2 aromatic carbocycles. The molecule has 8 heteroatoms. The molecule has 1 amide bonds. The fourth-order valence-corrected chi connectivity index (χ4v) is 4.29. The van der Waals surface area contributed by atoms with Gasteiger partial charge in [0.15, 0.2) is 0 Å². The number of para-hydroxylation sites is 2. The van der Waals surface area contributed by atoms with Crippen molar-refractivity contribution in [2.24, 2.45) is 0 Å². The highest BCUT2D eigenvalue weighted by Crippen LogP contribution is 2.32. The standard InChI is InChI=1S/C26H26N6O2/c1-34-23-13-6-5-12-21(23)24-22(18-32(30-24)20-10-3-2-4-11-20)25(33)29-19-9-7-16-31(17-19)26-27-14-8-15-28-26/h2-6,8,10-15,18-19H,7,9,16-17H2,1H3,(H,29,33). The van der Waals surface area contributed by atoms with Gasteiger partial charge < -0.3 is 15.0 Å². The molecule has 1 N–H and O–H groups in total. The summed E-state index contributed by atoms with van der Waals surface area (Å²) in [6.07, 6.45) is 7.11. The van der Waals surface area contributed by atoms with Crippen molar-refractivity contribution in [1.29, 1.82) is 0 Å². The highest BCUT2D eigenvalue weighted by molar-refractivity contribution is 6.00. The predicted molar refractivity (Wildman–Crippen MR) is 130 cm³/mol. The number of methoxy groups -OCH3 is 1. The number of rotatable bonds is 6. The first-order valence-corrected chi connectivity index (χ1v) is 11.3. The minimum absolute atomic E-state index is 0.0179. The van der Waals surface area contributed by atoms with Crippen LogP contribution >= 0.6 is 0 Å². The maximum atomic E-state index is 13.5. The number of aromatic nitrogens is 4. The monoisotopic (exact) mass is 454 g/mol. The highest BCUT2D eigenvalue weighted by atomic mass is 16.5. The Morgan fingerprint density at radius 3 is 2.59 bits per heavy atom. The normalized spacial score (nSPS) is 15.7. The minimum atomic E-state index is -0.163. The number of carbonyl (C=O) groups excluding carboxylic acids is 1. The van der Waals surface area contributed by atoms with E-state index in [1.807, 2.05) is 54.6 Å². The van der Waals surface area contributed by atoms with Crippen LogP contribution in [0.1, 0.15) is 23.2 Å². The summed E-state index contributed by atoms with van der Waals surface area (Å²) in [6.45, 7) is 1.53. The third-order valence-electron chi connectivity index (χ3n) is 5.93. The largest absolute Gasteiger partial charge is 0.496 e. The maximum Gasteiger partial charge on any atom is 0.255 e. The molecule has 34 heavy (non-hydrogen) atoms. The third kappa shape index (κ3) is 4.47. The van der Waals surface area contributed by atoms with Crippen molar-refractivity contribution in [3.63, 3.8) is 0 Å². The van der Waals surface area contributed by atoms with Gasteiger partial charge in [-0.3, -0.25) is 4.79 Å². The van der Waals surface area contributed by atoms with E-state index in [0.717, 1.165) is 30.6 Å². The van der Waals surface area contributed by atoms with E-state index in [4.69, 9.17) is 9.84 Å². The molecule has 0 saturated carbocycles. The number of nitrogens with one attached hydrogen (secondary N) is 1. The molecule has 0 spiro atoms. The quantitative estimate of drug-likeness (QED) is 0.478. The summed E-state index contributed by atoms with van der Waals surface area (Å²) < 4.78 is 7.30. The van der Waals surface area contributed by atoms with E-state index in [9.17, 15) is 4.79 Å². The topological polar surface area (TPSA) is 85.2 Å². The molecule has 1 aliphatic heterocycles. The Morgan fingerprint density at radius 1 is 1.03 bits per heavy atom. The van der Waals surface area contributed by atoms with Gasteiger partial charge in [-0.25, -0.2) is 14.6 Å². The molecule has 2 aromatic heterocycles. The lowest BCUT2D eigenvalue weighted by atomic mass is 10.0. The lowest BCUT2D eigenvalue weighted by molar-refractivity contribution is 0.0933. The van der Waals surface area contributed by atoms with Gasteiger partial charge in [-0.15, -0.1) is 0 Å². The van der Waals surface area contributed by atoms with Crippen LogP contribution in [-0.2, 0) is 0 Å². The molecule has 0 bridgehead atoms. The van der Waals surface area contributed by atoms with Gasteiger partial charge in [-0.2, -0.15) is 5.10 Å². The number of anilines is 1. The fourth-order valence-electron chi connectivity index (χ4n) is 4.29. The molecule has 4 aromatic rings. The van der Waals surface area contributed by atoms with Gasteiger partial charge in [0, 0.05) is 43.3 Å². The molecule has 1 saturated heterocycles. The number of benzene rings is 2. The van der Waals surface area contributed by atoms with Crippen LogP contribution in [0.25, 0.3) is 16.9 Å². The van der Waals surface area contributed by atoms with Crippen LogP contribution in [0.3, 0.4) is 0 Å². The van der Waals surface area contributed by atoms with Gasteiger partial charge in [0.25, 0.3) is 5.91 Å². The average Bonchev–Trinajstić information content (AvgIpc) is 3.35. The van der Waals surface area contributed by atoms with Crippen molar-refractivity contribution in [3.8, 4) is 22.7 Å². The van der Waals surface area contributed by atoms with E-state index in [-0.39, 0.29) is 11.9 Å². The van der Waals surface area contributed by atoms with Crippen molar-refractivity contribution < 1.29 is 9.53 Å². The second-order valence-electron chi connectivity index (χ2n) is 8.18. The van der Waals surface area contributed by atoms with E-state index in [0.29, 0.717) is 29.5 Å². The summed E-state index contributed by atoms with van der Waals surface area (Å²) in [6, 6.07) is 19.2. The van der Waals surface area contributed by atoms with Crippen molar-refractivity contribution in [2.75, 3.05) is 25.1 Å². The number of hydrogen-bond donors (Lipinski definition) is 1. The number of nitrogens with zero attached hydrogens (tertiary/aromatic N) is 5. The smallest absolute Gasteiger partial charge is 0.255 e. The summed E-state index contributed by atoms with van der Waals surface area (Å²) in [4.78, 5) is 24.4. The molecule has 1 atom stereocenters. The number of hydrogen-bond acceptors (Lipinski definition) is 6. The molecule has 1 fully saturated rings. The lowest BCUT2D eigenvalue weighted by Crippen LogP contribution is -2.48. The molecule has 1 unspecified atom stereocenters. The first-order chi connectivity index (χ1) is 16.7. The van der Waals surface area contributed by atoms with E-state index in [2.05, 4.69) is 20.2 Å². The molecule has 5 rings (SSSR count). The summed E-state index contributed by atoms with van der Waals surface area (Å²) in [5.41, 5.74) is 2.73. The van der Waals surface area contributed by atoms with E-state index < -0.39 is 0 Å². The van der Waals surface area contributed by atoms with Crippen molar-refractivity contribution in [3.05, 3.63) is 84.8 Å². The Balaban J connectivity index is 1.45. The van der Waals surface area contributed by atoms with Gasteiger partial charge in [-0.1, -0.05) is 30.3 Å². The van der Waals surface area contributed by atoms with Crippen LogP contribution in [0, 0.1) is 0 Å². The Kier molecular flexibility index (Phi) is 6.20. The summed E-state index contributed by atoms with van der Waals surface area (Å²) in [5, 5.41) is 8.00. The zero-order valence-corrected chi connectivity index (χ0v) is 19.0. The second-order valence-corrected chi connectivity index (χ2v) is 8.18. The minimum Gasteiger partial charge on any atom is -0.496 e. The molecule has 3 heterocycles. The van der Waals surface area contributed by atoms with Gasteiger partial charge in [0.2, 0.25) is 5.95 Å². The van der Waals surface area contributed by atoms with Crippen LogP contribution in [-0.4, -0.2) is 51.9 Å². The maximum absolute atomic E-state index is 13.5. The number of ether oxygens (including phenoxy) is 1. The molecule has 1 aliphatic rings. The summed E-state index contributed by atoms with van der Waals surface area (Å²) in [5.74, 6) is 1.19. The molecule has 8 nitrogen and oxygen atoms in total. The van der Waals surface area contributed by atoms with Gasteiger partial charge in [0.1, 0.15) is 11.4 Å². The third-order valence-corrected chi connectivity index (χ3v) is 5.93. The van der Waals surface area contributed by atoms with Crippen LogP contribution in [0.4, 0.5) is 5.95 Å². The van der Waals surface area contributed by atoms with Crippen LogP contribution < -0.4 is 15.0 Å². The second kappa shape index (κ2) is 9.74. The van der Waals surface area contributed by atoms with E-state index >= 15 is 0 Å². The summed E-state index contributed by atoms with van der Waals surface area (Å²) in [7, 11) is 1.62. The van der Waals surface area contributed by atoms with Gasteiger partial charge in [-0.05, 0) is 43.2 Å². The SMILES string of the molecule is COc1ccccc1-c1nn(-c2ccccc2)cc1C(=O)NC1CCCN(c2ncccn2)C1. The first kappa shape index (κ1) is 21.6. The van der Waals surface area contributed by atoms with Crippen molar-refractivity contribution in [2.45, 2.75) is 18.9 Å². The fraction of sp³-hybridized carbons (Fsp3) is 0.231. The van der Waals surface area contributed by atoms with Gasteiger partial charge in [0.05, 0.1) is 18.4 Å². The predicted octanol–water partition coefficient (Wildman–Crippen LogP) is 3.74. The Bertz CT molecular complexity index is 1260. The van der Waals surface area contributed by atoms with E-state index in [1.165, 1.54) is 0 Å². The van der Waals surface area contributed by atoms with E-state index in [1.54, 1.807) is 36.4 Å². The Morgan fingerprint density at radius 2 is 1.79 bits per heavy atom. The zero-order chi connectivity index (χ0) is 23.3. The lowest BCUT2D eigenvalue weighted by Gasteiger charge is -2.33. The molecular weight excluding hydrogens is 428 g/mol. The molecular formula is C26H26N6O2. The number of carbonyl (C=O) groups is 1. The Labute approximate surface area is 198 Å². The first-order valence-electron chi connectivity index (χ1n) is 11.3. The Hall–Kier alpha value is -4.20. The van der Waals surface area contributed by atoms with Crippen LogP contribution in [0.2, 0.25) is 0 Å².